The van der Waals surface area contributed by atoms with Crippen molar-refractivity contribution in [3.05, 3.63) is 75.0 Å². The third-order valence-corrected chi connectivity index (χ3v) is 5.74. The summed E-state index contributed by atoms with van der Waals surface area (Å²) >= 11 is 4.65. The number of hydrogen-bond acceptors (Lipinski definition) is 7. The third-order valence-electron chi connectivity index (χ3n) is 4.34. The van der Waals surface area contributed by atoms with Crippen LogP contribution in [0, 0.1) is 5.82 Å². The lowest BCUT2D eigenvalue weighted by Crippen LogP contribution is -2.08. The first-order chi connectivity index (χ1) is 15.9. The van der Waals surface area contributed by atoms with E-state index in [1.807, 2.05) is 0 Å². The largest absolute Gasteiger partial charge is 0.493 e. The number of hydrogen-bond donors (Lipinski definition) is 1. The molecular weight excluding hydrogens is 515 g/mol. The molecular formula is C23H20BrFN2O5S. The van der Waals surface area contributed by atoms with E-state index >= 15 is 0 Å². The average Bonchev–Trinajstić information content (AvgIpc) is 3.23. The summed E-state index contributed by atoms with van der Waals surface area (Å²) in [6, 6.07) is 9.81. The van der Waals surface area contributed by atoms with Crippen molar-refractivity contribution in [1.29, 1.82) is 0 Å². The third kappa shape index (κ3) is 6.87. The molecule has 2 aromatic carbocycles. The van der Waals surface area contributed by atoms with Crippen LogP contribution in [0.15, 0.2) is 52.3 Å². The van der Waals surface area contributed by atoms with Crippen LogP contribution in [0.4, 0.5) is 9.52 Å². The molecule has 1 aromatic heterocycles. The number of carbonyl (C=O) groups is 2. The summed E-state index contributed by atoms with van der Waals surface area (Å²) in [4.78, 5) is 27.7. The zero-order chi connectivity index (χ0) is 23.8. The summed E-state index contributed by atoms with van der Waals surface area (Å²) in [5.74, 6) is -0.296. The molecule has 0 aliphatic rings. The number of benzene rings is 2. The number of aromatic nitrogens is 1. The fourth-order valence-electron chi connectivity index (χ4n) is 2.73. The van der Waals surface area contributed by atoms with Crippen molar-refractivity contribution in [2.45, 2.75) is 13.0 Å². The van der Waals surface area contributed by atoms with Crippen LogP contribution in [0.5, 0.6) is 11.5 Å². The number of methoxy groups -OCH3 is 2. The maximum absolute atomic E-state index is 13.9. The predicted molar refractivity (Wildman–Crippen MR) is 127 cm³/mol. The normalized spacial score (nSPS) is 10.8. The summed E-state index contributed by atoms with van der Waals surface area (Å²) in [6.07, 6.45) is 2.99. The SMILES string of the molecule is COC(=O)Cc1csc(NC(=O)/C=C/c2cc(Br)c(OCc3ccccc3F)c(OC)c2)n1. The van der Waals surface area contributed by atoms with Gasteiger partial charge in [0.2, 0.25) is 5.91 Å². The summed E-state index contributed by atoms with van der Waals surface area (Å²) in [5.41, 5.74) is 1.62. The minimum atomic E-state index is -0.404. The van der Waals surface area contributed by atoms with Crippen molar-refractivity contribution >= 4 is 50.4 Å². The lowest BCUT2D eigenvalue weighted by Gasteiger charge is -2.14. The predicted octanol–water partition coefficient (Wildman–Crippen LogP) is 5.00. The second kappa shape index (κ2) is 11.6. The van der Waals surface area contributed by atoms with E-state index in [9.17, 15) is 14.0 Å². The van der Waals surface area contributed by atoms with Gasteiger partial charge in [-0.15, -0.1) is 11.3 Å². The molecule has 10 heteroatoms. The molecule has 1 N–H and O–H groups in total. The molecule has 0 aliphatic carbocycles. The fourth-order valence-corrected chi connectivity index (χ4v) is 4.01. The van der Waals surface area contributed by atoms with Crippen LogP contribution in [-0.2, 0) is 27.4 Å². The molecule has 3 aromatic rings. The Hall–Kier alpha value is -3.24. The van der Waals surface area contributed by atoms with E-state index in [0.717, 1.165) is 0 Å². The summed E-state index contributed by atoms with van der Waals surface area (Å²) < 4.78 is 30.2. The molecule has 0 unspecified atom stereocenters. The van der Waals surface area contributed by atoms with Crippen molar-refractivity contribution in [3.8, 4) is 11.5 Å². The number of halogens is 2. The smallest absolute Gasteiger partial charge is 0.311 e. The van der Waals surface area contributed by atoms with Crippen LogP contribution in [0.25, 0.3) is 6.08 Å². The van der Waals surface area contributed by atoms with E-state index in [1.165, 1.54) is 37.7 Å². The topological polar surface area (TPSA) is 86.8 Å². The number of amides is 1. The van der Waals surface area contributed by atoms with Crippen molar-refractivity contribution < 1.29 is 28.2 Å². The molecule has 0 fully saturated rings. The lowest BCUT2D eigenvalue weighted by molar-refractivity contribution is -0.139. The molecule has 1 amide bonds. The van der Waals surface area contributed by atoms with Gasteiger partial charge >= 0.3 is 5.97 Å². The van der Waals surface area contributed by atoms with E-state index in [4.69, 9.17) is 9.47 Å². The fraction of sp³-hybridized carbons (Fsp3) is 0.174. The molecule has 0 saturated heterocycles. The Morgan fingerprint density at radius 2 is 2.03 bits per heavy atom. The van der Waals surface area contributed by atoms with E-state index in [-0.39, 0.29) is 24.8 Å². The van der Waals surface area contributed by atoms with E-state index in [2.05, 4.69) is 31.0 Å². The summed E-state index contributed by atoms with van der Waals surface area (Å²) in [7, 11) is 2.80. The van der Waals surface area contributed by atoms with Crippen LogP contribution in [0.3, 0.4) is 0 Å². The number of rotatable bonds is 9. The van der Waals surface area contributed by atoms with Gasteiger partial charge in [0.1, 0.15) is 12.4 Å². The van der Waals surface area contributed by atoms with Crippen LogP contribution in [0.1, 0.15) is 16.8 Å². The average molecular weight is 535 g/mol. The van der Waals surface area contributed by atoms with Gasteiger partial charge in [-0.05, 0) is 45.8 Å². The number of ether oxygens (including phenoxy) is 3. The van der Waals surface area contributed by atoms with Crippen LogP contribution in [-0.4, -0.2) is 31.1 Å². The second-order valence-corrected chi connectivity index (χ2v) is 8.35. The summed E-state index contributed by atoms with van der Waals surface area (Å²) in [6.45, 7) is 0.0327. The molecule has 0 saturated carbocycles. The lowest BCUT2D eigenvalue weighted by atomic mass is 10.2. The highest BCUT2D eigenvalue weighted by Crippen LogP contribution is 2.37. The van der Waals surface area contributed by atoms with Gasteiger partial charge in [0.25, 0.3) is 0 Å². The van der Waals surface area contributed by atoms with Crippen molar-refractivity contribution in [2.75, 3.05) is 19.5 Å². The monoisotopic (exact) mass is 534 g/mol. The van der Waals surface area contributed by atoms with E-state index in [1.54, 1.807) is 41.8 Å². The molecule has 0 atom stereocenters. The first-order valence-electron chi connectivity index (χ1n) is 9.63. The van der Waals surface area contributed by atoms with Gasteiger partial charge in [-0.2, -0.15) is 0 Å². The highest BCUT2D eigenvalue weighted by atomic mass is 79.9. The standard InChI is InChI=1S/C23H20BrFN2O5S/c1-30-19-10-14(9-17(24)22(19)32-12-15-5-3-4-6-18(15)25)7-8-20(28)27-23-26-16(13-33-23)11-21(29)31-2/h3-10,13H,11-12H2,1-2H3,(H,26,27,28)/b8-7+. The van der Waals surface area contributed by atoms with Crippen molar-refractivity contribution in [2.24, 2.45) is 0 Å². The highest BCUT2D eigenvalue weighted by molar-refractivity contribution is 9.10. The van der Waals surface area contributed by atoms with Crippen LogP contribution in [0.2, 0.25) is 0 Å². The van der Waals surface area contributed by atoms with Gasteiger partial charge in [-0.1, -0.05) is 18.2 Å². The van der Waals surface area contributed by atoms with Crippen LogP contribution >= 0.6 is 27.3 Å². The van der Waals surface area contributed by atoms with Gasteiger partial charge < -0.3 is 14.2 Å². The Labute approximate surface area is 202 Å². The Bertz CT molecular complexity index is 1180. The molecule has 172 valence electrons. The molecule has 0 spiro atoms. The van der Waals surface area contributed by atoms with Gasteiger partial charge in [0.15, 0.2) is 16.6 Å². The van der Waals surface area contributed by atoms with Crippen molar-refractivity contribution in [3.63, 3.8) is 0 Å². The zero-order valence-corrected chi connectivity index (χ0v) is 20.2. The minimum absolute atomic E-state index is 0.0327. The number of esters is 1. The van der Waals surface area contributed by atoms with Gasteiger partial charge in [0, 0.05) is 17.0 Å². The Kier molecular flexibility index (Phi) is 8.56. The van der Waals surface area contributed by atoms with Gasteiger partial charge in [-0.3, -0.25) is 14.9 Å². The number of anilines is 1. The summed E-state index contributed by atoms with van der Waals surface area (Å²) in [5, 5.41) is 4.70. The number of nitrogens with one attached hydrogen (secondary N) is 1. The molecule has 0 aliphatic heterocycles. The Morgan fingerprint density at radius 1 is 1.24 bits per heavy atom. The molecule has 0 radical (unpaired) electrons. The van der Waals surface area contributed by atoms with Crippen LogP contribution < -0.4 is 14.8 Å². The molecule has 1 heterocycles. The van der Waals surface area contributed by atoms with E-state index < -0.39 is 5.97 Å². The maximum Gasteiger partial charge on any atom is 0.311 e. The first-order valence-corrected chi connectivity index (χ1v) is 11.3. The zero-order valence-electron chi connectivity index (χ0n) is 17.8. The first kappa shape index (κ1) is 24.4. The van der Waals surface area contributed by atoms with E-state index in [0.29, 0.717) is 37.9 Å². The minimum Gasteiger partial charge on any atom is -0.493 e. The van der Waals surface area contributed by atoms with Crippen molar-refractivity contribution in [1.82, 2.24) is 4.98 Å². The van der Waals surface area contributed by atoms with Gasteiger partial charge in [0.05, 0.1) is 30.8 Å². The number of nitrogens with zero attached hydrogens (tertiary/aromatic N) is 1. The number of carbonyl (C=O) groups excluding carboxylic acids is 2. The maximum atomic E-state index is 13.9. The molecule has 33 heavy (non-hydrogen) atoms. The van der Waals surface area contributed by atoms with Gasteiger partial charge in [-0.25, -0.2) is 9.37 Å². The molecule has 7 nitrogen and oxygen atoms in total. The quantitative estimate of drug-likeness (QED) is 0.307. The second-order valence-electron chi connectivity index (χ2n) is 6.63. The Morgan fingerprint density at radius 3 is 2.76 bits per heavy atom. The number of thiazole rings is 1. The Balaban J connectivity index is 1.65. The highest BCUT2D eigenvalue weighted by Gasteiger charge is 2.13. The molecule has 0 bridgehead atoms. The molecule has 3 rings (SSSR count).